The Kier molecular flexibility index (Phi) is 5.81. The average molecular weight is 434 g/mol. The third-order valence-corrected chi connectivity index (χ3v) is 6.16. The summed E-state index contributed by atoms with van der Waals surface area (Å²) in [5.41, 5.74) is 1.13. The first-order valence-corrected chi connectivity index (χ1v) is 10.8. The maximum Gasteiger partial charge on any atom is 0.325 e. The fourth-order valence-electron chi connectivity index (χ4n) is 3.26. The smallest absolute Gasteiger partial charge is 0.325 e. The highest BCUT2D eigenvalue weighted by Crippen LogP contribution is 2.28. The van der Waals surface area contributed by atoms with Crippen molar-refractivity contribution in [2.24, 2.45) is 0 Å². The first-order valence-electron chi connectivity index (χ1n) is 9.97. The summed E-state index contributed by atoms with van der Waals surface area (Å²) in [4.78, 5) is 36.4. The van der Waals surface area contributed by atoms with Crippen molar-refractivity contribution >= 4 is 41.4 Å². The third-order valence-electron chi connectivity index (χ3n) is 5.09. The molecule has 1 saturated heterocycles. The molecule has 158 valence electrons. The molecule has 1 fully saturated rings. The van der Waals surface area contributed by atoms with Crippen LogP contribution in [-0.4, -0.2) is 45.4 Å². The topological polar surface area (TPSA) is 87.2 Å². The van der Waals surface area contributed by atoms with Crippen molar-refractivity contribution in [1.82, 2.24) is 20.2 Å². The fourth-order valence-corrected chi connectivity index (χ4v) is 4.14. The van der Waals surface area contributed by atoms with E-state index in [1.54, 1.807) is 31.4 Å². The van der Waals surface area contributed by atoms with Crippen molar-refractivity contribution in [2.45, 2.75) is 19.4 Å². The molecule has 4 rings (SSSR count). The summed E-state index contributed by atoms with van der Waals surface area (Å²) in [5, 5.41) is 5.49. The van der Waals surface area contributed by atoms with Gasteiger partial charge < -0.3 is 10.2 Å². The van der Waals surface area contributed by atoms with Crippen molar-refractivity contribution in [3.8, 4) is 10.6 Å². The number of carbonyl (C=O) groups excluding carboxylic acids is 2. The zero-order valence-corrected chi connectivity index (χ0v) is 18.1. The average Bonchev–Trinajstić information content (AvgIpc) is 3.31. The number of urea groups is 1. The Morgan fingerprint density at radius 1 is 1.10 bits per heavy atom. The second-order valence-corrected chi connectivity index (χ2v) is 8.72. The Bertz CT molecular complexity index is 1120. The quantitative estimate of drug-likeness (QED) is 0.548. The number of anilines is 1. The van der Waals surface area contributed by atoms with Crippen LogP contribution in [0.25, 0.3) is 22.7 Å². The first-order chi connectivity index (χ1) is 14.9. The van der Waals surface area contributed by atoms with Crippen molar-refractivity contribution < 1.29 is 9.59 Å². The van der Waals surface area contributed by atoms with Gasteiger partial charge in [0.1, 0.15) is 5.54 Å². The molecule has 1 aliphatic rings. The summed E-state index contributed by atoms with van der Waals surface area (Å²) in [7, 11) is 0. The number of hydrogen-bond acceptors (Lipinski definition) is 6. The number of hydrogen-bond donors (Lipinski definition) is 2. The molecule has 3 aromatic rings. The Hall–Kier alpha value is -3.52. The van der Waals surface area contributed by atoms with E-state index in [-0.39, 0.29) is 11.9 Å². The van der Waals surface area contributed by atoms with Crippen LogP contribution in [0.15, 0.2) is 54.7 Å². The van der Waals surface area contributed by atoms with Crippen LogP contribution in [0.5, 0.6) is 0 Å². The molecule has 0 saturated carbocycles. The first kappa shape index (κ1) is 20.7. The van der Waals surface area contributed by atoms with E-state index in [1.165, 1.54) is 4.90 Å². The number of benzene rings is 1. The van der Waals surface area contributed by atoms with Gasteiger partial charge in [0, 0.05) is 24.2 Å². The van der Waals surface area contributed by atoms with Gasteiger partial charge in [0.05, 0.1) is 10.6 Å². The van der Waals surface area contributed by atoms with E-state index in [0.717, 1.165) is 21.0 Å². The van der Waals surface area contributed by atoms with Crippen molar-refractivity contribution in [3.05, 3.63) is 65.2 Å². The SMILES string of the molecule is CC1(C)C(=O)NC(=O)N1CCNc1nccc(-c2ccc(C=Cc3ccccc3)s2)n1. The van der Waals surface area contributed by atoms with Gasteiger partial charge in [0.25, 0.3) is 5.91 Å². The molecule has 2 N–H and O–H groups in total. The number of nitrogens with one attached hydrogen (secondary N) is 2. The Balaban J connectivity index is 1.39. The van der Waals surface area contributed by atoms with Gasteiger partial charge in [-0.2, -0.15) is 0 Å². The van der Waals surface area contributed by atoms with Gasteiger partial charge in [-0.15, -0.1) is 11.3 Å². The summed E-state index contributed by atoms with van der Waals surface area (Å²) in [6.07, 6.45) is 5.89. The molecule has 31 heavy (non-hydrogen) atoms. The summed E-state index contributed by atoms with van der Waals surface area (Å²) >= 11 is 1.65. The molecule has 0 unspecified atom stereocenters. The number of nitrogens with zero attached hydrogens (tertiary/aromatic N) is 3. The van der Waals surface area contributed by atoms with E-state index in [9.17, 15) is 9.59 Å². The molecule has 1 aromatic carbocycles. The van der Waals surface area contributed by atoms with E-state index < -0.39 is 5.54 Å². The summed E-state index contributed by atoms with van der Waals surface area (Å²) in [6, 6.07) is 15.8. The van der Waals surface area contributed by atoms with Crippen LogP contribution >= 0.6 is 11.3 Å². The molecule has 3 heterocycles. The molecule has 8 heteroatoms. The van der Waals surface area contributed by atoms with E-state index >= 15 is 0 Å². The molecule has 0 aliphatic carbocycles. The van der Waals surface area contributed by atoms with E-state index in [0.29, 0.717) is 19.0 Å². The van der Waals surface area contributed by atoms with Crippen molar-refractivity contribution in [3.63, 3.8) is 0 Å². The van der Waals surface area contributed by atoms with E-state index in [1.807, 2.05) is 30.3 Å². The number of thiophene rings is 1. The van der Waals surface area contributed by atoms with Gasteiger partial charge in [-0.05, 0) is 43.7 Å². The highest BCUT2D eigenvalue weighted by Gasteiger charge is 2.44. The number of amides is 3. The molecule has 0 spiro atoms. The molecular weight excluding hydrogens is 410 g/mol. The highest BCUT2D eigenvalue weighted by atomic mass is 32.1. The molecule has 2 aromatic heterocycles. The van der Waals surface area contributed by atoms with Gasteiger partial charge in [-0.3, -0.25) is 10.1 Å². The lowest BCUT2D eigenvalue weighted by Gasteiger charge is -2.27. The van der Waals surface area contributed by atoms with Crippen LogP contribution in [0.3, 0.4) is 0 Å². The summed E-state index contributed by atoms with van der Waals surface area (Å²) in [6.45, 7) is 4.25. The molecule has 0 radical (unpaired) electrons. The minimum Gasteiger partial charge on any atom is -0.352 e. The Morgan fingerprint density at radius 3 is 2.65 bits per heavy atom. The van der Waals surface area contributed by atoms with Gasteiger partial charge >= 0.3 is 6.03 Å². The fraction of sp³-hybridized carbons (Fsp3) is 0.217. The maximum atomic E-state index is 12.0. The van der Waals surface area contributed by atoms with Crippen molar-refractivity contribution in [2.75, 3.05) is 18.4 Å². The lowest BCUT2D eigenvalue weighted by molar-refractivity contribution is -0.125. The van der Waals surface area contributed by atoms with Gasteiger partial charge in [-0.25, -0.2) is 14.8 Å². The van der Waals surface area contributed by atoms with Gasteiger partial charge in [0.15, 0.2) is 0 Å². The standard InChI is InChI=1S/C23H23N5O2S/c1-23(2)20(29)27-22(30)28(23)15-14-25-21-24-13-12-18(26-21)19-11-10-17(31-19)9-8-16-6-4-3-5-7-16/h3-13H,14-15H2,1-2H3,(H,24,25,26)(H,27,29,30). The molecule has 1 aliphatic heterocycles. The minimum absolute atomic E-state index is 0.287. The van der Waals surface area contributed by atoms with Gasteiger partial charge in [-0.1, -0.05) is 36.4 Å². The molecular formula is C23H23N5O2S. The highest BCUT2D eigenvalue weighted by molar-refractivity contribution is 7.16. The second kappa shape index (κ2) is 8.69. The molecule has 7 nitrogen and oxygen atoms in total. The Labute approximate surface area is 184 Å². The number of imide groups is 1. The van der Waals surface area contributed by atoms with E-state index in [4.69, 9.17) is 0 Å². The van der Waals surface area contributed by atoms with Crippen LogP contribution in [0, 0.1) is 0 Å². The minimum atomic E-state index is -0.859. The largest absolute Gasteiger partial charge is 0.352 e. The van der Waals surface area contributed by atoms with Crippen LogP contribution in [-0.2, 0) is 4.79 Å². The molecule has 3 amide bonds. The lowest BCUT2D eigenvalue weighted by Crippen LogP contribution is -2.46. The third kappa shape index (κ3) is 4.64. The second-order valence-electron chi connectivity index (χ2n) is 7.61. The molecule has 0 bridgehead atoms. The van der Waals surface area contributed by atoms with Gasteiger partial charge in [0.2, 0.25) is 5.95 Å². The van der Waals surface area contributed by atoms with Crippen LogP contribution < -0.4 is 10.6 Å². The normalized spacial score (nSPS) is 15.5. The number of carbonyl (C=O) groups is 2. The lowest BCUT2D eigenvalue weighted by atomic mass is 10.0. The number of rotatable bonds is 7. The molecule has 0 atom stereocenters. The summed E-state index contributed by atoms with van der Waals surface area (Å²) < 4.78 is 0. The Morgan fingerprint density at radius 2 is 1.90 bits per heavy atom. The van der Waals surface area contributed by atoms with Crippen LogP contribution in [0.1, 0.15) is 24.3 Å². The van der Waals surface area contributed by atoms with Crippen LogP contribution in [0.4, 0.5) is 10.7 Å². The monoisotopic (exact) mass is 433 g/mol. The predicted molar refractivity (Wildman–Crippen MR) is 124 cm³/mol. The van der Waals surface area contributed by atoms with Crippen LogP contribution in [0.2, 0.25) is 0 Å². The number of aromatic nitrogens is 2. The zero-order chi connectivity index (χ0) is 21.8. The summed E-state index contributed by atoms with van der Waals surface area (Å²) in [5.74, 6) is 0.196. The maximum absolute atomic E-state index is 12.0. The van der Waals surface area contributed by atoms with Crippen molar-refractivity contribution in [1.29, 1.82) is 0 Å². The zero-order valence-electron chi connectivity index (χ0n) is 17.3. The predicted octanol–water partition coefficient (Wildman–Crippen LogP) is 4.12. The van der Waals surface area contributed by atoms with E-state index in [2.05, 4.69) is 51.0 Å².